The topological polar surface area (TPSA) is 56.9 Å². The van der Waals surface area contributed by atoms with Gasteiger partial charge in [0, 0.05) is 41.8 Å². The summed E-state index contributed by atoms with van der Waals surface area (Å²) in [7, 11) is 1.80. The Labute approximate surface area is 210 Å². The highest BCUT2D eigenvalue weighted by Gasteiger charge is 2.32. The summed E-state index contributed by atoms with van der Waals surface area (Å²) in [6.45, 7) is 4.82. The van der Waals surface area contributed by atoms with E-state index in [1.165, 1.54) is 30.0 Å². The third-order valence-electron chi connectivity index (χ3n) is 5.20. The smallest absolute Gasteiger partial charge is 0.397 e. The Morgan fingerprint density at radius 3 is 2.47 bits per heavy atom. The van der Waals surface area contributed by atoms with Gasteiger partial charge in [-0.1, -0.05) is 12.1 Å². The summed E-state index contributed by atoms with van der Waals surface area (Å²) < 4.78 is 77.7. The predicted molar refractivity (Wildman–Crippen MR) is 135 cm³/mol. The van der Waals surface area contributed by atoms with E-state index in [2.05, 4.69) is 10.3 Å². The summed E-state index contributed by atoms with van der Waals surface area (Å²) >= 11 is 1.31. The van der Waals surface area contributed by atoms with E-state index in [4.69, 9.17) is 5.73 Å². The zero-order valence-corrected chi connectivity index (χ0v) is 20.9. The van der Waals surface area contributed by atoms with Crippen LogP contribution in [0.1, 0.15) is 19.4 Å². The van der Waals surface area contributed by atoms with Crippen molar-refractivity contribution in [3.63, 3.8) is 0 Å². The number of nitrogens with zero attached hydrogens (tertiary/aromatic N) is 3. The number of nitrogens with two attached hydrogens (primary N) is 1. The van der Waals surface area contributed by atoms with E-state index in [1.54, 1.807) is 24.6 Å². The molecule has 5 nitrogen and oxygen atoms in total. The van der Waals surface area contributed by atoms with Gasteiger partial charge in [-0.2, -0.15) is 26.3 Å². The average molecular weight is 534 g/mol. The number of aliphatic imine (C=N–C) groups is 1. The molecule has 0 saturated heterocycles. The van der Waals surface area contributed by atoms with Crippen LogP contribution in [0.15, 0.2) is 58.6 Å². The quantitative estimate of drug-likeness (QED) is 0.0844. The molecule has 0 radical (unpaired) electrons. The van der Waals surface area contributed by atoms with Crippen LogP contribution in [0.4, 0.5) is 37.7 Å². The van der Waals surface area contributed by atoms with Gasteiger partial charge in [-0.15, -0.1) is 11.3 Å². The van der Waals surface area contributed by atoms with Crippen LogP contribution in [0.3, 0.4) is 0 Å². The maximum atomic E-state index is 13.5. The van der Waals surface area contributed by atoms with Crippen molar-refractivity contribution in [2.45, 2.75) is 26.2 Å². The normalized spacial score (nSPS) is 13.3. The number of hydrogen-bond donors (Lipinski definition) is 2. The first-order chi connectivity index (χ1) is 16.8. The second kappa shape index (κ2) is 12.8. The van der Waals surface area contributed by atoms with E-state index in [0.717, 1.165) is 25.1 Å². The van der Waals surface area contributed by atoms with E-state index in [0.29, 0.717) is 30.1 Å². The van der Waals surface area contributed by atoms with Crippen molar-refractivity contribution in [2.75, 3.05) is 44.4 Å². The van der Waals surface area contributed by atoms with Gasteiger partial charge in [0.05, 0.1) is 29.9 Å². The van der Waals surface area contributed by atoms with Gasteiger partial charge in [0.15, 0.2) is 0 Å². The van der Waals surface area contributed by atoms with Gasteiger partial charge in [0.25, 0.3) is 0 Å². The molecule has 1 aromatic heterocycles. The largest absolute Gasteiger partial charge is 0.416 e. The summed E-state index contributed by atoms with van der Waals surface area (Å²) in [6.07, 6.45) is -3.94. The highest BCUT2D eigenvalue weighted by atomic mass is 32.1. The van der Waals surface area contributed by atoms with Crippen molar-refractivity contribution in [3.8, 4) is 10.4 Å². The van der Waals surface area contributed by atoms with Crippen molar-refractivity contribution < 1.29 is 26.3 Å². The van der Waals surface area contributed by atoms with Crippen LogP contribution in [-0.4, -0.2) is 55.7 Å². The van der Waals surface area contributed by atoms with Gasteiger partial charge < -0.3 is 16.0 Å². The van der Waals surface area contributed by atoms with Crippen LogP contribution in [0.25, 0.3) is 10.4 Å². The summed E-state index contributed by atoms with van der Waals surface area (Å²) in [4.78, 5) is 8.37. The summed E-state index contributed by atoms with van der Waals surface area (Å²) in [5.74, 6) is 0. The monoisotopic (exact) mass is 533 g/mol. The van der Waals surface area contributed by atoms with Crippen molar-refractivity contribution in [3.05, 3.63) is 59.1 Å². The molecule has 12 heteroatoms. The van der Waals surface area contributed by atoms with Crippen molar-refractivity contribution in [1.82, 2.24) is 9.80 Å². The van der Waals surface area contributed by atoms with Gasteiger partial charge in [0.2, 0.25) is 0 Å². The second-order valence-electron chi connectivity index (χ2n) is 7.96. The number of allylic oxidation sites excluding steroid dienone is 3. The number of nitrogen functional groups attached to an aromatic ring is 1. The first-order valence-corrected chi connectivity index (χ1v) is 11.9. The SMILES string of the molecule is CCN(C=N/C=C\C=C(/C)C(F)(F)F)CCN(C)CNc1cc(C(F)(F)F)cc(-c2cccs2)c1N. The maximum absolute atomic E-state index is 13.5. The van der Waals surface area contributed by atoms with Crippen LogP contribution in [0, 0.1) is 0 Å². The fourth-order valence-corrected chi connectivity index (χ4v) is 3.72. The van der Waals surface area contributed by atoms with Crippen molar-refractivity contribution in [2.24, 2.45) is 4.99 Å². The lowest BCUT2D eigenvalue weighted by Crippen LogP contribution is -2.35. The first-order valence-electron chi connectivity index (χ1n) is 11.0. The van der Waals surface area contributed by atoms with Crippen molar-refractivity contribution in [1.29, 1.82) is 0 Å². The lowest BCUT2D eigenvalue weighted by molar-refractivity contribution is -0.137. The van der Waals surface area contributed by atoms with Gasteiger partial charge in [-0.3, -0.25) is 4.90 Å². The highest BCUT2D eigenvalue weighted by molar-refractivity contribution is 7.13. The number of benzene rings is 1. The Morgan fingerprint density at radius 1 is 1.17 bits per heavy atom. The molecule has 0 bridgehead atoms. The Hall–Kier alpha value is -2.99. The number of rotatable bonds is 11. The Bertz CT molecular complexity index is 1060. The molecule has 0 atom stereocenters. The minimum atomic E-state index is -4.52. The molecule has 0 unspecified atom stereocenters. The molecule has 198 valence electrons. The minimum absolute atomic E-state index is 0.196. The number of halogens is 6. The van der Waals surface area contributed by atoms with Gasteiger partial charge in [0.1, 0.15) is 0 Å². The first kappa shape index (κ1) is 29.2. The number of thiophene rings is 1. The molecule has 3 N–H and O–H groups in total. The fraction of sp³-hybridized carbons (Fsp3) is 0.375. The lowest BCUT2D eigenvalue weighted by atomic mass is 10.0. The van der Waals surface area contributed by atoms with Gasteiger partial charge in [-0.25, -0.2) is 4.99 Å². The second-order valence-corrected chi connectivity index (χ2v) is 8.90. The fourth-order valence-electron chi connectivity index (χ4n) is 2.96. The third-order valence-corrected chi connectivity index (χ3v) is 6.11. The maximum Gasteiger partial charge on any atom is 0.416 e. The molecule has 0 aliphatic rings. The lowest BCUT2D eigenvalue weighted by Gasteiger charge is -2.24. The number of alkyl halides is 6. The molecule has 0 saturated carbocycles. The number of hydrogen-bond acceptors (Lipinski definition) is 5. The molecule has 2 rings (SSSR count). The molecule has 0 amide bonds. The van der Waals surface area contributed by atoms with Gasteiger partial charge in [-0.05, 0) is 50.6 Å². The molecule has 0 aliphatic carbocycles. The zero-order chi connectivity index (χ0) is 26.9. The third kappa shape index (κ3) is 8.90. The molecule has 36 heavy (non-hydrogen) atoms. The van der Waals surface area contributed by atoms with Crippen LogP contribution in [-0.2, 0) is 6.18 Å². The van der Waals surface area contributed by atoms with E-state index < -0.39 is 23.5 Å². The predicted octanol–water partition coefficient (Wildman–Crippen LogP) is 6.69. The molecule has 1 aromatic carbocycles. The van der Waals surface area contributed by atoms with Crippen LogP contribution >= 0.6 is 11.3 Å². The molecule has 2 aromatic rings. The minimum Gasteiger partial charge on any atom is -0.397 e. The Morgan fingerprint density at radius 2 is 1.89 bits per heavy atom. The van der Waals surface area contributed by atoms with Crippen LogP contribution in [0.2, 0.25) is 0 Å². The molecular weight excluding hydrogens is 504 g/mol. The summed E-state index contributed by atoms with van der Waals surface area (Å²) in [5, 5.41) is 4.77. The molecule has 0 spiro atoms. The van der Waals surface area contributed by atoms with Crippen LogP contribution < -0.4 is 11.1 Å². The number of likely N-dealkylation sites (N-methyl/N-ethyl adjacent to an activating group) is 2. The van der Waals surface area contributed by atoms with E-state index in [1.807, 2.05) is 16.7 Å². The highest BCUT2D eigenvalue weighted by Crippen LogP contribution is 2.40. The van der Waals surface area contributed by atoms with Gasteiger partial charge >= 0.3 is 12.4 Å². The molecule has 0 aliphatic heterocycles. The summed E-state index contributed by atoms with van der Waals surface area (Å²) in [6, 6.07) is 5.53. The number of nitrogens with one attached hydrogen (secondary N) is 1. The Balaban J connectivity index is 1.98. The zero-order valence-electron chi connectivity index (χ0n) is 20.1. The van der Waals surface area contributed by atoms with E-state index in [-0.39, 0.29) is 18.0 Å². The molecular formula is C24H29F6N5S. The Kier molecular flexibility index (Phi) is 10.4. The molecule has 0 fully saturated rings. The molecule has 1 heterocycles. The average Bonchev–Trinajstić information content (AvgIpc) is 3.33. The van der Waals surface area contributed by atoms with Crippen LogP contribution in [0.5, 0.6) is 0 Å². The number of anilines is 2. The van der Waals surface area contributed by atoms with E-state index >= 15 is 0 Å². The summed E-state index contributed by atoms with van der Waals surface area (Å²) in [5.41, 5.74) is 5.45. The van der Waals surface area contributed by atoms with Crippen molar-refractivity contribution >= 4 is 29.1 Å². The standard InChI is InChI=1S/C24H29F6N5S/c1-4-35(15-32-9-5-7-17(2)23(25,26)27)11-10-34(3)16-33-20-14-18(24(28,29)30)13-19(22(20)31)21-8-6-12-36-21/h5-9,12-15,33H,4,10-11,16,31H2,1-3H3/b9-5-,17-7+,32-15?. The van der Waals surface area contributed by atoms with E-state index in [9.17, 15) is 26.3 Å².